The first kappa shape index (κ1) is 12.5. The number of hydrogen-bond donors (Lipinski definition) is 0. The SMILES string of the molecule is c1ccc(C(c2ccccc2)C2CC[CH-]CC2)cc1. The van der Waals surface area contributed by atoms with E-state index in [9.17, 15) is 0 Å². The summed E-state index contributed by atoms with van der Waals surface area (Å²) in [5.74, 6) is 1.35. The first-order chi connectivity index (χ1) is 9.45. The third-order valence-electron chi connectivity index (χ3n) is 4.27. The highest BCUT2D eigenvalue weighted by atomic mass is 14.3. The minimum atomic E-state index is 0.566. The number of hydrogen-bond acceptors (Lipinski definition) is 0. The van der Waals surface area contributed by atoms with Crippen molar-refractivity contribution in [2.75, 3.05) is 0 Å². The lowest BCUT2D eigenvalue weighted by Gasteiger charge is -2.34. The molecule has 1 fully saturated rings. The van der Waals surface area contributed by atoms with Gasteiger partial charge in [-0.2, -0.15) is 12.8 Å². The Morgan fingerprint density at radius 1 is 0.737 bits per heavy atom. The average Bonchev–Trinajstić information content (AvgIpc) is 2.51. The minimum absolute atomic E-state index is 0.566. The molecule has 0 nitrogen and oxygen atoms in total. The quantitative estimate of drug-likeness (QED) is 0.655. The van der Waals surface area contributed by atoms with Crippen molar-refractivity contribution in [3.63, 3.8) is 0 Å². The van der Waals surface area contributed by atoms with E-state index in [2.05, 4.69) is 67.1 Å². The van der Waals surface area contributed by atoms with E-state index in [1.165, 1.54) is 36.8 Å². The van der Waals surface area contributed by atoms with E-state index in [4.69, 9.17) is 0 Å². The van der Waals surface area contributed by atoms with Crippen LogP contribution in [0.4, 0.5) is 0 Å². The standard InChI is InChI=1S/C19H21/c1-4-10-16(11-5-1)19(17-12-6-2-7-13-17)18-14-8-3-9-15-18/h1-7,10-13,18-19H,8-9,14-15H2/q-1. The molecule has 1 aliphatic carbocycles. The van der Waals surface area contributed by atoms with Crippen LogP contribution in [-0.4, -0.2) is 0 Å². The number of rotatable bonds is 3. The van der Waals surface area contributed by atoms with Crippen LogP contribution in [0.15, 0.2) is 60.7 Å². The number of benzene rings is 2. The molecular formula is C19H21-. The molecule has 98 valence electrons. The van der Waals surface area contributed by atoms with E-state index in [-0.39, 0.29) is 0 Å². The normalized spacial score (nSPS) is 16.7. The van der Waals surface area contributed by atoms with Gasteiger partial charge in [-0.25, -0.2) is 0 Å². The van der Waals surface area contributed by atoms with Crippen molar-refractivity contribution in [2.45, 2.75) is 31.6 Å². The van der Waals surface area contributed by atoms with Gasteiger partial charge in [0.15, 0.2) is 0 Å². The average molecular weight is 249 g/mol. The van der Waals surface area contributed by atoms with Crippen LogP contribution in [0.2, 0.25) is 0 Å². The monoisotopic (exact) mass is 249 g/mol. The second-order valence-corrected chi connectivity index (χ2v) is 5.50. The largest absolute Gasteiger partial charge is 0.328 e. The zero-order valence-electron chi connectivity index (χ0n) is 11.3. The Morgan fingerprint density at radius 3 is 1.68 bits per heavy atom. The molecule has 1 aliphatic rings. The van der Waals surface area contributed by atoms with Gasteiger partial charge in [0.2, 0.25) is 0 Å². The van der Waals surface area contributed by atoms with Crippen LogP contribution in [0.1, 0.15) is 42.7 Å². The van der Waals surface area contributed by atoms with Crippen LogP contribution in [-0.2, 0) is 0 Å². The molecule has 0 N–H and O–H groups in total. The van der Waals surface area contributed by atoms with Crippen LogP contribution in [0, 0.1) is 12.3 Å². The van der Waals surface area contributed by atoms with Gasteiger partial charge in [-0.15, -0.1) is 0 Å². The molecule has 1 saturated carbocycles. The molecule has 0 spiro atoms. The third kappa shape index (κ3) is 2.89. The Balaban J connectivity index is 1.96. The predicted molar refractivity (Wildman–Crippen MR) is 81.0 cm³/mol. The summed E-state index contributed by atoms with van der Waals surface area (Å²) in [5, 5.41) is 0. The lowest BCUT2D eigenvalue weighted by molar-refractivity contribution is 0.366. The first-order valence-electron chi connectivity index (χ1n) is 7.37. The van der Waals surface area contributed by atoms with Crippen molar-refractivity contribution in [1.29, 1.82) is 0 Å². The van der Waals surface area contributed by atoms with E-state index < -0.39 is 0 Å². The molecule has 3 rings (SSSR count). The Labute approximate surface area is 116 Å². The van der Waals surface area contributed by atoms with Crippen molar-refractivity contribution in [3.8, 4) is 0 Å². The molecule has 2 aromatic carbocycles. The second-order valence-electron chi connectivity index (χ2n) is 5.50. The molecule has 0 bridgehead atoms. The molecule has 0 heteroatoms. The Morgan fingerprint density at radius 2 is 1.21 bits per heavy atom. The van der Waals surface area contributed by atoms with Crippen molar-refractivity contribution in [2.24, 2.45) is 5.92 Å². The van der Waals surface area contributed by atoms with E-state index >= 15 is 0 Å². The lowest BCUT2D eigenvalue weighted by atomic mass is 9.74. The van der Waals surface area contributed by atoms with Crippen LogP contribution < -0.4 is 0 Å². The zero-order chi connectivity index (χ0) is 12.9. The van der Waals surface area contributed by atoms with Crippen molar-refractivity contribution >= 4 is 0 Å². The van der Waals surface area contributed by atoms with Gasteiger partial charge in [0.1, 0.15) is 0 Å². The summed E-state index contributed by atoms with van der Waals surface area (Å²) >= 11 is 0. The third-order valence-corrected chi connectivity index (χ3v) is 4.27. The van der Waals surface area contributed by atoms with Gasteiger partial charge in [-0.05, 0) is 17.0 Å². The van der Waals surface area contributed by atoms with E-state index in [0.717, 1.165) is 5.92 Å². The molecule has 0 aliphatic heterocycles. The zero-order valence-corrected chi connectivity index (χ0v) is 11.3. The molecule has 0 unspecified atom stereocenters. The lowest BCUT2D eigenvalue weighted by Crippen LogP contribution is -2.17. The summed E-state index contributed by atoms with van der Waals surface area (Å²) in [6, 6.07) is 22.0. The topological polar surface area (TPSA) is 0 Å². The van der Waals surface area contributed by atoms with E-state index in [0.29, 0.717) is 5.92 Å². The maximum Gasteiger partial charge on any atom is 0.0116 e. The second kappa shape index (κ2) is 6.06. The maximum atomic E-state index is 2.45. The maximum absolute atomic E-state index is 2.45. The van der Waals surface area contributed by atoms with Gasteiger partial charge in [0, 0.05) is 5.92 Å². The van der Waals surface area contributed by atoms with Crippen molar-refractivity contribution in [3.05, 3.63) is 78.2 Å². The molecule has 0 aromatic heterocycles. The molecule has 2 aromatic rings. The highest BCUT2D eigenvalue weighted by Gasteiger charge is 2.23. The summed E-state index contributed by atoms with van der Waals surface area (Å²) in [4.78, 5) is 0. The highest BCUT2D eigenvalue weighted by molar-refractivity contribution is 5.33. The first-order valence-corrected chi connectivity index (χ1v) is 7.37. The summed E-state index contributed by atoms with van der Waals surface area (Å²) in [7, 11) is 0. The summed E-state index contributed by atoms with van der Waals surface area (Å²) < 4.78 is 0. The van der Waals surface area contributed by atoms with Crippen LogP contribution in [0.3, 0.4) is 0 Å². The minimum Gasteiger partial charge on any atom is -0.328 e. The summed E-state index contributed by atoms with van der Waals surface area (Å²) in [6.45, 7) is 0. The summed E-state index contributed by atoms with van der Waals surface area (Å²) in [6.07, 6.45) is 7.66. The fraction of sp³-hybridized carbons (Fsp3) is 0.316. The summed E-state index contributed by atoms with van der Waals surface area (Å²) in [5.41, 5.74) is 2.95. The van der Waals surface area contributed by atoms with Crippen molar-refractivity contribution in [1.82, 2.24) is 0 Å². The molecule has 0 amide bonds. The van der Waals surface area contributed by atoms with E-state index in [1.54, 1.807) is 0 Å². The fourth-order valence-electron chi connectivity index (χ4n) is 3.34. The fourth-order valence-corrected chi connectivity index (χ4v) is 3.34. The molecular weight excluding hydrogens is 228 g/mol. The predicted octanol–water partition coefficient (Wildman–Crippen LogP) is 5.21. The van der Waals surface area contributed by atoms with Gasteiger partial charge in [0.05, 0.1) is 0 Å². The molecule has 19 heavy (non-hydrogen) atoms. The van der Waals surface area contributed by atoms with Gasteiger partial charge in [-0.3, -0.25) is 0 Å². The van der Waals surface area contributed by atoms with E-state index in [1.807, 2.05) is 0 Å². The van der Waals surface area contributed by atoms with Gasteiger partial charge < -0.3 is 6.42 Å². The van der Waals surface area contributed by atoms with Crippen molar-refractivity contribution < 1.29 is 0 Å². The van der Waals surface area contributed by atoms with Crippen LogP contribution >= 0.6 is 0 Å². The Kier molecular flexibility index (Phi) is 3.98. The van der Waals surface area contributed by atoms with Gasteiger partial charge >= 0.3 is 0 Å². The van der Waals surface area contributed by atoms with Crippen LogP contribution in [0.5, 0.6) is 0 Å². The Hall–Kier alpha value is -1.56. The molecule has 0 heterocycles. The van der Waals surface area contributed by atoms with Gasteiger partial charge in [0.25, 0.3) is 0 Å². The van der Waals surface area contributed by atoms with Gasteiger partial charge in [-0.1, -0.05) is 73.5 Å². The highest BCUT2D eigenvalue weighted by Crippen LogP contribution is 2.39. The molecule has 0 atom stereocenters. The smallest absolute Gasteiger partial charge is 0.0116 e. The molecule has 0 radical (unpaired) electrons. The Bertz CT molecular complexity index is 440. The van der Waals surface area contributed by atoms with Crippen LogP contribution in [0.25, 0.3) is 0 Å². The molecule has 0 saturated heterocycles.